The van der Waals surface area contributed by atoms with E-state index in [2.05, 4.69) is 17.6 Å². The summed E-state index contributed by atoms with van der Waals surface area (Å²) in [6, 6.07) is 5.98. The van der Waals surface area contributed by atoms with Crippen molar-refractivity contribution < 1.29 is 19.1 Å². The number of carbonyl (C=O) groups excluding carboxylic acids is 3. The molecule has 0 aromatic heterocycles. The lowest BCUT2D eigenvalue weighted by molar-refractivity contribution is -0.143. The van der Waals surface area contributed by atoms with Crippen molar-refractivity contribution in [3.8, 4) is 0 Å². The van der Waals surface area contributed by atoms with E-state index in [1.807, 2.05) is 58.9 Å². The van der Waals surface area contributed by atoms with Crippen molar-refractivity contribution >= 4 is 17.9 Å². The van der Waals surface area contributed by atoms with Gasteiger partial charge >= 0.3 is 6.09 Å². The van der Waals surface area contributed by atoms with Crippen molar-refractivity contribution in [2.45, 2.75) is 105 Å². The Hall–Kier alpha value is -2.57. The number of benzene rings is 1. The van der Waals surface area contributed by atoms with Crippen molar-refractivity contribution in [2.75, 3.05) is 6.54 Å². The number of alkyl carbamates (subject to hydrolysis) is 1. The fourth-order valence-electron chi connectivity index (χ4n) is 3.70. The van der Waals surface area contributed by atoms with Crippen LogP contribution in [0.3, 0.4) is 0 Å². The van der Waals surface area contributed by atoms with Gasteiger partial charge in [0.25, 0.3) is 0 Å². The fraction of sp³-hybridized carbons (Fsp3) is 0.667. The number of hydrogen-bond acceptors (Lipinski definition) is 4. The Kier molecular flexibility index (Phi) is 11.6. The molecule has 0 aliphatic rings. The number of amides is 3. The molecule has 1 aromatic rings. The standard InChI is InChI=1S/C27H45N3O4/c1-10-11-12-16-30(25(32)22(18(2)3)29-26(33)34-27(7,8)9)23(24(31)28-19(4)5)21-15-13-14-20(6)17-21/h13-15,17-19,22-23H,10-12,16H2,1-9H3,(H,28,31)(H,29,33). The minimum absolute atomic E-state index is 0.0758. The second-order valence-electron chi connectivity index (χ2n) is 10.6. The van der Waals surface area contributed by atoms with Gasteiger partial charge in [-0.05, 0) is 59.4 Å². The molecular formula is C27H45N3O4. The van der Waals surface area contributed by atoms with Crippen molar-refractivity contribution in [3.05, 3.63) is 35.4 Å². The molecule has 0 heterocycles. The number of aryl methyl sites for hydroxylation is 1. The number of hydrogen-bond donors (Lipinski definition) is 2. The van der Waals surface area contributed by atoms with E-state index in [9.17, 15) is 14.4 Å². The summed E-state index contributed by atoms with van der Waals surface area (Å²) in [7, 11) is 0. The Morgan fingerprint density at radius 3 is 2.18 bits per heavy atom. The third-order valence-electron chi connectivity index (χ3n) is 5.24. The molecule has 1 rings (SSSR count). The zero-order valence-corrected chi connectivity index (χ0v) is 22.5. The summed E-state index contributed by atoms with van der Waals surface area (Å²) in [5, 5.41) is 5.74. The first-order valence-corrected chi connectivity index (χ1v) is 12.4. The quantitative estimate of drug-likeness (QED) is 0.434. The zero-order valence-electron chi connectivity index (χ0n) is 22.5. The van der Waals surface area contributed by atoms with E-state index in [0.717, 1.165) is 30.4 Å². The first-order chi connectivity index (χ1) is 15.8. The van der Waals surface area contributed by atoms with Crippen LogP contribution in [0.1, 0.15) is 91.8 Å². The molecule has 0 radical (unpaired) electrons. The van der Waals surface area contributed by atoms with Crippen LogP contribution in [0.4, 0.5) is 4.79 Å². The number of nitrogens with zero attached hydrogens (tertiary/aromatic N) is 1. The smallest absolute Gasteiger partial charge is 0.408 e. The highest BCUT2D eigenvalue weighted by Gasteiger charge is 2.37. The number of rotatable bonds is 11. The van der Waals surface area contributed by atoms with Crippen LogP contribution in [0.5, 0.6) is 0 Å². The van der Waals surface area contributed by atoms with Gasteiger partial charge in [0.1, 0.15) is 17.7 Å². The zero-order chi connectivity index (χ0) is 26.1. The number of nitrogens with one attached hydrogen (secondary N) is 2. The highest BCUT2D eigenvalue weighted by molar-refractivity contribution is 5.92. The molecule has 3 amide bonds. The van der Waals surface area contributed by atoms with Crippen molar-refractivity contribution in [3.63, 3.8) is 0 Å². The third-order valence-corrected chi connectivity index (χ3v) is 5.24. The summed E-state index contributed by atoms with van der Waals surface area (Å²) in [6.07, 6.45) is 2.03. The van der Waals surface area contributed by atoms with E-state index in [1.54, 1.807) is 25.7 Å². The van der Waals surface area contributed by atoms with Gasteiger partial charge in [0, 0.05) is 12.6 Å². The molecule has 0 aliphatic carbocycles. The lowest BCUT2D eigenvalue weighted by Gasteiger charge is -2.36. The molecular weight excluding hydrogens is 430 g/mol. The molecule has 0 bridgehead atoms. The first-order valence-electron chi connectivity index (χ1n) is 12.4. The van der Waals surface area contributed by atoms with Gasteiger partial charge in [0.15, 0.2) is 0 Å². The second-order valence-corrected chi connectivity index (χ2v) is 10.6. The highest BCUT2D eigenvalue weighted by Crippen LogP contribution is 2.25. The molecule has 1 aromatic carbocycles. The Balaban J connectivity index is 3.44. The normalized spacial score (nSPS) is 13.4. The largest absolute Gasteiger partial charge is 0.444 e. The van der Waals surface area contributed by atoms with Gasteiger partial charge in [-0.2, -0.15) is 0 Å². The summed E-state index contributed by atoms with van der Waals surface area (Å²) in [5.74, 6) is -0.715. The van der Waals surface area contributed by atoms with Gasteiger partial charge in [-0.15, -0.1) is 0 Å². The van der Waals surface area contributed by atoms with E-state index >= 15 is 0 Å². The molecule has 0 spiro atoms. The van der Waals surface area contributed by atoms with E-state index < -0.39 is 23.8 Å². The second kappa shape index (κ2) is 13.4. The summed E-state index contributed by atoms with van der Waals surface area (Å²) in [5.41, 5.74) is 1.08. The van der Waals surface area contributed by atoms with E-state index in [1.165, 1.54) is 0 Å². The molecule has 0 aliphatic heterocycles. The minimum Gasteiger partial charge on any atom is -0.444 e. The van der Waals surface area contributed by atoms with Crippen LogP contribution in [0, 0.1) is 12.8 Å². The van der Waals surface area contributed by atoms with E-state index in [0.29, 0.717) is 6.54 Å². The average molecular weight is 476 g/mol. The number of unbranched alkanes of at least 4 members (excludes halogenated alkanes) is 2. The summed E-state index contributed by atoms with van der Waals surface area (Å²) in [4.78, 5) is 41.5. The third kappa shape index (κ3) is 9.74. The molecule has 2 unspecified atom stereocenters. The lowest BCUT2D eigenvalue weighted by Crippen LogP contribution is -2.55. The van der Waals surface area contributed by atoms with Gasteiger partial charge in [0.05, 0.1) is 0 Å². The van der Waals surface area contributed by atoms with Crippen LogP contribution in [0.2, 0.25) is 0 Å². The molecule has 0 saturated heterocycles. The minimum atomic E-state index is -0.823. The average Bonchev–Trinajstić information content (AvgIpc) is 2.69. The Bertz CT molecular complexity index is 814. The van der Waals surface area contributed by atoms with E-state index in [4.69, 9.17) is 4.74 Å². The highest BCUT2D eigenvalue weighted by atomic mass is 16.6. The van der Waals surface area contributed by atoms with Crippen LogP contribution >= 0.6 is 0 Å². The van der Waals surface area contributed by atoms with Crippen LogP contribution in [0.25, 0.3) is 0 Å². The number of ether oxygens (including phenoxy) is 1. The van der Waals surface area contributed by atoms with Crippen LogP contribution in [-0.4, -0.2) is 47.0 Å². The first kappa shape index (κ1) is 29.5. The van der Waals surface area contributed by atoms with Gasteiger partial charge in [-0.3, -0.25) is 9.59 Å². The maximum atomic E-state index is 13.9. The van der Waals surface area contributed by atoms with Gasteiger partial charge < -0.3 is 20.3 Å². The maximum Gasteiger partial charge on any atom is 0.408 e. The predicted octanol–water partition coefficient (Wildman–Crippen LogP) is 5.13. The van der Waals surface area contributed by atoms with Crippen LogP contribution < -0.4 is 10.6 Å². The molecule has 192 valence electrons. The van der Waals surface area contributed by atoms with Crippen molar-refractivity contribution in [1.82, 2.24) is 15.5 Å². The lowest BCUT2D eigenvalue weighted by atomic mass is 9.97. The molecule has 0 saturated carbocycles. The molecule has 7 heteroatoms. The molecule has 2 atom stereocenters. The Labute approximate surface area is 206 Å². The summed E-state index contributed by atoms with van der Waals surface area (Å²) in [6.45, 7) is 17.3. The monoisotopic (exact) mass is 475 g/mol. The molecule has 34 heavy (non-hydrogen) atoms. The fourth-order valence-corrected chi connectivity index (χ4v) is 3.70. The number of carbonyl (C=O) groups is 3. The Morgan fingerprint density at radius 1 is 1.03 bits per heavy atom. The Morgan fingerprint density at radius 2 is 1.68 bits per heavy atom. The van der Waals surface area contributed by atoms with Crippen molar-refractivity contribution in [1.29, 1.82) is 0 Å². The van der Waals surface area contributed by atoms with Gasteiger partial charge in [0.2, 0.25) is 11.8 Å². The van der Waals surface area contributed by atoms with Gasteiger partial charge in [-0.25, -0.2) is 4.79 Å². The summed E-state index contributed by atoms with van der Waals surface area (Å²) >= 11 is 0. The molecule has 2 N–H and O–H groups in total. The molecule has 7 nitrogen and oxygen atoms in total. The van der Waals surface area contributed by atoms with E-state index in [-0.39, 0.29) is 23.8 Å². The SMILES string of the molecule is CCCCCN(C(=O)C(NC(=O)OC(C)(C)C)C(C)C)C(C(=O)NC(C)C)c1cccc(C)c1. The van der Waals surface area contributed by atoms with Crippen LogP contribution in [0.15, 0.2) is 24.3 Å². The summed E-state index contributed by atoms with van der Waals surface area (Å²) < 4.78 is 5.41. The van der Waals surface area contributed by atoms with Crippen molar-refractivity contribution in [2.24, 2.45) is 5.92 Å². The van der Waals surface area contributed by atoms with Gasteiger partial charge in [-0.1, -0.05) is 63.4 Å². The molecule has 0 fully saturated rings. The topological polar surface area (TPSA) is 87.7 Å². The van der Waals surface area contributed by atoms with Crippen LogP contribution in [-0.2, 0) is 14.3 Å². The maximum absolute atomic E-state index is 13.9. The predicted molar refractivity (Wildman–Crippen MR) is 136 cm³/mol.